The van der Waals surface area contributed by atoms with E-state index in [9.17, 15) is 24.6 Å². The number of amides is 3. The zero-order valence-corrected chi connectivity index (χ0v) is 23.3. The normalized spacial score (nSPS) is 23.2. The molecule has 2 aromatic carbocycles. The van der Waals surface area contributed by atoms with E-state index in [1.165, 1.54) is 9.91 Å². The lowest BCUT2D eigenvalue weighted by atomic mass is 9.82. The summed E-state index contributed by atoms with van der Waals surface area (Å²) in [6.07, 6.45) is 7.52. The molecule has 9 heteroatoms. The van der Waals surface area contributed by atoms with Crippen molar-refractivity contribution in [3.63, 3.8) is 0 Å². The monoisotopic (exact) mass is 556 g/mol. The molecule has 1 saturated heterocycles. The summed E-state index contributed by atoms with van der Waals surface area (Å²) < 4.78 is 0. The number of hydrogen-bond acceptors (Lipinski definition) is 6. The summed E-state index contributed by atoms with van der Waals surface area (Å²) in [4.78, 5) is 42.6. The van der Waals surface area contributed by atoms with Gasteiger partial charge in [-0.1, -0.05) is 55.5 Å². The van der Waals surface area contributed by atoms with Crippen molar-refractivity contribution in [2.45, 2.75) is 50.7 Å². The number of carbonyl (C=O) groups excluding carboxylic acids is 3. The van der Waals surface area contributed by atoms with Crippen LogP contribution in [0.2, 0.25) is 0 Å². The summed E-state index contributed by atoms with van der Waals surface area (Å²) >= 11 is 0. The van der Waals surface area contributed by atoms with E-state index >= 15 is 0 Å². The van der Waals surface area contributed by atoms with Crippen LogP contribution in [0.1, 0.15) is 50.2 Å². The van der Waals surface area contributed by atoms with E-state index in [-0.39, 0.29) is 43.8 Å². The number of rotatable bonds is 9. The minimum absolute atomic E-state index is 0.0607. The van der Waals surface area contributed by atoms with Gasteiger partial charge >= 0.3 is 0 Å². The fourth-order valence-electron chi connectivity index (χ4n) is 5.95. The van der Waals surface area contributed by atoms with E-state index in [0.717, 1.165) is 24.1 Å². The van der Waals surface area contributed by atoms with Crippen LogP contribution in [-0.4, -0.2) is 64.3 Å². The van der Waals surface area contributed by atoms with E-state index in [0.29, 0.717) is 29.9 Å². The summed E-state index contributed by atoms with van der Waals surface area (Å²) in [6.45, 7) is 6.26. The van der Waals surface area contributed by atoms with Crippen LogP contribution < -0.4 is 9.91 Å². The predicted molar refractivity (Wildman–Crippen MR) is 157 cm³/mol. The van der Waals surface area contributed by atoms with E-state index < -0.39 is 17.4 Å². The first kappa shape index (κ1) is 28.4. The third-order valence-electron chi connectivity index (χ3n) is 8.23. The maximum absolute atomic E-state index is 13.7. The number of carbonyl (C=O) groups is 3. The largest absolute Gasteiger partial charge is 0.394 e. The molecule has 41 heavy (non-hydrogen) atoms. The zero-order chi connectivity index (χ0) is 29.1. The van der Waals surface area contributed by atoms with Crippen molar-refractivity contribution in [1.82, 2.24) is 4.90 Å². The summed E-state index contributed by atoms with van der Waals surface area (Å²) in [7, 11) is 0. The third-order valence-corrected chi connectivity index (χ3v) is 8.23. The van der Waals surface area contributed by atoms with E-state index in [1.807, 2.05) is 30.3 Å². The molecule has 3 amide bonds. The van der Waals surface area contributed by atoms with Gasteiger partial charge in [0.05, 0.1) is 29.7 Å². The molecule has 1 fully saturated rings. The molecule has 3 atom stereocenters. The van der Waals surface area contributed by atoms with Crippen molar-refractivity contribution in [1.29, 1.82) is 0 Å². The zero-order valence-electron chi connectivity index (χ0n) is 23.3. The Morgan fingerprint density at radius 1 is 1.20 bits per heavy atom. The van der Waals surface area contributed by atoms with Crippen LogP contribution in [0.3, 0.4) is 0 Å². The van der Waals surface area contributed by atoms with Crippen LogP contribution in [0.15, 0.2) is 78.4 Å². The topological polar surface area (TPSA) is 114 Å². The molecule has 0 aromatic heterocycles. The van der Waals surface area contributed by atoms with Crippen molar-refractivity contribution in [3.05, 3.63) is 84.5 Å². The summed E-state index contributed by atoms with van der Waals surface area (Å²) in [6, 6.07) is 14.6. The highest BCUT2D eigenvalue weighted by Crippen LogP contribution is 2.47. The molecule has 5 rings (SSSR count). The third kappa shape index (κ3) is 5.23. The highest BCUT2D eigenvalue weighted by molar-refractivity contribution is 6.10. The van der Waals surface area contributed by atoms with Gasteiger partial charge in [-0.05, 0) is 36.6 Å². The average Bonchev–Trinajstić information content (AvgIpc) is 3.56. The molecule has 3 aliphatic heterocycles. The van der Waals surface area contributed by atoms with Crippen molar-refractivity contribution < 1.29 is 24.6 Å². The van der Waals surface area contributed by atoms with Crippen LogP contribution >= 0.6 is 0 Å². The summed E-state index contributed by atoms with van der Waals surface area (Å²) in [5.74, 6) is -1.44. The van der Waals surface area contributed by atoms with Crippen LogP contribution in [0.5, 0.6) is 0 Å². The molecule has 2 N–H and O–H groups in total. The molecule has 0 saturated carbocycles. The van der Waals surface area contributed by atoms with Gasteiger partial charge in [-0.2, -0.15) is 5.10 Å². The fourth-order valence-corrected chi connectivity index (χ4v) is 5.95. The van der Waals surface area contributed by atoms with E-state index in [4.69, 9.17) is 0 Å². The van der Waals surface area contributed by atoms with E-state index in [1.54, 1.807) is 48.3 Å². The molecule has 0 spiro atoms. The van der Waals surface area contributed by atoms with Gasteiger partial charge < -0.3 is 20.0 Å². The number of hydrogen-bond donors (Lipinski definition) is 2. The maximum Gasteiger partial charge on any atom is 0.264 e. The average molecular weight is 557 g/mol. The van der Waals surface area contributed by atoms with Crippen molar-refractivity contribution >= 4 is 34.8 Å². The lowest BCUT2D eigenvalue weighted by Gasteiger charge is -2.28. The van der Waals surface area contributed by atoms with Gasteiger partial charge in [0.1, 0.15) is 0 Å². The Hall–Kier alpha value is -4.08. The standard InChI is InChI=1S/C32H36N4O5/c1-3-18-35-28-16-14-24(36-30(39)17-15-27(33-36)23-10-5-4-6-11-23)20-26(28)32(41,31(35)40)22(2)9-7-13-29(38)34-19-8-12-25(34)21-37/h3-7,9-11,14,16,20,22,25,37,41H,1,8,12-13,15,17-19,21H2,2H3/b9-7+/t22-,25-,32+/m0/s1. The molecule has 2 aromatic rings. The van der Waals surface area contributed by atoms with Crippen LogP contribution in [-0.2, 0) is 20.0 Å². The lowest BCUT2D eigenvalue weighted by Crippen LogP contribution is -2.44. The Bertz CT molecular complexity index is 1400. The lowest BCUT2D eigenvalue weighted by molar-refractivity contribution is -0.139. The highest BCUT2D eigenvalue weighted by atomic mass is 16.3. The molecule has 0 aliphatic carbocycles. The van der Waals surface area contributed by atoms with Gasteiger partial charge in [-0.3, -0.25) is 14.4 Å². The van der Waals surface area contributed by atoms with Gasteiger partial charge in [0.25, 0.3) is 5.91 Å². The summed E-state index contributed by atoms with van der Waals surface area (Å²) in [5, 5.41) is 27.5. The summed E-state index contributed by atoms with van der Waals surface area (Å²) in [5.41, 5.74) is 1.18. The minimum Gasteiger partial charge on any atom is -0.394 e. The number of fused-ring (bicyclic) bond motifs is 1. The SMILES string of the molecule is C=CCN1C(=O)[C@@](O)([C@@H](C)/C=C/CC(=O)N2CCC[C@H]2CO)c2cc(N3N=C(c4ccccc4)CCC3=O)ccc21. The maximum atomic E-state index is 13.7. The molecule has 3 aliphatic rings. The first-order valence-electron chi connectivity index (χ1n) is 14.1. The molecule has 9 nitrogen and oxygen atoms in total. The fraction of sp³-hybridized carbons (Fsp3) is 0.375. The van der Waals surface area contributed by atoms with Crippen LogP contribution in [0, 0.1) is 5.92 Å². The number of aliphatic hydroxyl groups excluding tert-OH is 1. The Labute approximate surface area is 240 Å². The number of nitrogens with zero attached hydrogens (tertiary/aromatic N) is 4. The molecule has 214 valence electrons. The van der Waals surface area contributed by atoms with Gasteiger partial charge in [0, 0.05) is 43.8 Å². The minimum atomic E-state index is -1.92. The van der Waals surface area contributed by atoms with E-state index in [2.05, 4.69) is 11.7 Å². The molecule has 0 unspecified atom stereocenters. The number of aliphatic hydroxyl groups is 2. The highest BCUT2D eigenvalue weighted by Gasteiger charge is 2.52. The van der Waals surface area contributed by atoms with Crippen molar-refractivity contribution in [3.8, 4) is 0 Å². The van der Waals surface area contributed by atoms with Gasteiger partial charge in [-0.15, -0.1) is 6.58 Å². The second-order valence-electron chi connectivity index (χ2n) is 10.8. The Balaban J connectivity index is 1.45. The molecular weight excluding hydrogens is 520 g/mol. The predicted octanol–water partition coefficient (Wildman–Crippen LogP) is 3.50. The molecule has 3 heterocycles. The Morgan fingerprint density at radius 3 is 2.71 bits per heavy atom. The number of hydrazone groups is 1. The first-order valence-corrected chi connectivity index (χ1v) is 14.1. The quantitative estimate of drug-likeness (QED) is 0.459. The van der Waals surface area contributed by atoms with Crippen LogP contribution in [0.4, 0.5) is 11.4 Å². The van der Waals surface area contributed by atoms with Crippen molar-refractivity contribution in [2.75, 3.05) is 29.6 Å². The van der Waals surface area contributed by atoms with Gasteiger partial charge in [-0.25, -0.2) is 5.01 Å². The number of anilines is 2. The smallest absolute Gasteiger partial charge is 0.264 e. The second-order valence-corrected chi connectivity index (χ2v) is 10.8. The Morgan fingerprint density at radius 2 is 1.98 bits per heavy atom. The molecule has 0 bridgehead atoms. The molecular formula is C32H36N4O5. The van der Waals surface area contributed by atoms with Gasteiger partial charge in [0.2, 0.25) is 11.8 Å². The number of likely N-dealkylation sites (tertiary alicyclic amines) is 1. The molecule has 0 radical (unpaired) electrons. The first-order chi connectivity index (χ1) is 19.8. The Kier molecular flexibility index (Phi) is 8.19. The van der Waals surface area contributed by atoms with Crippen molar-refractivity contribution in [2.24, 2.45) is 11.0 Å². The van der Waals surface area contributed by atoms with Gasteiger partial charge in [0.15, 0.2) is 5.60 Å². The van der Waals surface area contributed by atoms with Crippen LogP contribution in [0.25, 0.3) is 0 Å². The number of benzene rings is 2. The second kappa shape index (κ2) is 11.8.